The standard InChI is InChI=1S/C46H36N2S2/c1-46(2)37-23-13-12-21-35(37)43-38(46)25-26-41(44(43)36-22-14-24-42-45(36)50-28-27-49-42)48(33-19-10-5-11-20-33)34-29-39(31-15-6-3-7-16-31)47-40(30-34)32-17-8-4-9-18-32/h3-26,29-30H,27-28H2,1-2H3. The summed E-state index contributed by atoms with van der Waals surface area (Å²) in [5, 5.41) is 0. The summed E-state index contributed by atoms with van der Waals surface area (Å²) in [5.41, 5.74) is 15.3. The lowest BCUT2D eigenvalue weighted by molar-refractivity contribution is 0.660. The Kier molecular flexibility index (Phi) is 7.87. The Labute approximate surface area is 303 Å². The number of nitrogens with zero attached hydrogens (tertiary/aromatic N) is 2. The molecule has 0 radical (unpaired) electrons. The van der Waals surface area contributed by atoms with Gasteiger partial charge < -0.3 is 4.90 Å². The summed E-state index contributed by atoms with van der Waals surface area (Å²) in [5.74, 6) is 2.24. The van der Waals surface area contributed by atoms with E-state index in [4.69, 9.17) is 4.98 Å². The second kappa shape index (κ2) is 12.7. The Bertz CT molecular complexity index is 2290. The van der Waals surface area contributed by atoms with Gasteiger partial charge in [0, 0.05) is 49.1 Å². The van der Waals surface area contributed by atoms with E-state index < -0.39 is 0 Å². The van der Waals surface area contributed by atoms with Crippen LogP contribution in [0.5, 0.6) is 0 Å². The van der Waals surface area contributed by atoms with E-state index in [-0.39, 0.29) is 5.41 Å². The van der Waals surface area contributed by atoms with Gasteiger partial charge in [0.1, 0.15) is 0 Å². The summed E-state index contributed by atoms with van der Waals surface area (Å²) >= 11 is 3.98. The lowest BCUT2D eigenvalue weighted by Crippen LogP contribution is -2.16. The summed E-state index contributed by atoms with van der Waals surface area (Å²) in [6.07, 6.45) is 0. The van der Waals surface area contributed by atoms with Gasteiger partial charge in [0.2, 0.25) is 0 Å². The summed E-state index contributed by atoms with van der Waals surface area (Å²) in [4.78, 5) is 10.5. The fourth-order valence-corrected chi connectivity index (χ4v) is 10.1. The van der Waals surface area contributed by atoms with Crippen LogP contribution in [0.3, 0.4) is 0 Å². The minimum atomic E-state index is -0.120. The largest absolute Gasteiger partial charge is 0.310 e. The smallest absolute Gasteiger partial charge is 0.0730 e. The molecule has 0 saturated heterocycles. The molecule has 2 heterocycles. The number of thioether (sulfide) groups is 2. The zero-order valence-electron chi connectivity index (χ0n) is 28.1. The highest BCUT2D eigenvalue weighted by Crippen LogP contribution is 2.58. The predicted octanol–water partition coefficient (Wildman–Crippen LogP) is 13.1. The molecule has 4 heteroatoms. The van der Waals surface area contributed by atoms with Crippen LogP contribution in [-0.4, -0.2) is 16.5 Å². The second-order valence-electron chi connectivity index (χ2n) is 13.4. The average Bonchev–Trinajstić information content (AvgIpc) is 3.41. The van der Waals surface area contributed by atoms with E-state index >= 15 is 0 Å². The predicted molar refractivity (Wildman–Crippen MR) is 214 cm³/mol. The molecule has 7 aromatic rings. The monoisotopic (exact) mass is 680 g/mol. The SMILES string of the molecule is CC1(C)c2ccccc2-c2c1ccc(N(c1ccccc1)c1cc(-c3ccccc3)nc(-c3ccccc3)c1)c2-c1cccc2c1SCCS2. The van der Waals surface area contributed by atoms with Gasteiger partial charge in [0.15, 0.2) is 0 Å². The van der Waals surface area contributed by atoms with Crippen molar-refractivity contribution in [2.45, 2.75) is 29.1 Å². The fraction of sp³-hybridized carbons (Fsp3) is 0.109. The molecule has 0 bridgehead atoms. The molecule has 6 aromatic carbocycles. The van der Waals surface area contributed by atoms with E-state index in [2.05, 4.69) is 176 Å². The molecule has 1 aromatic heterocycles. The van der Waals surface area contributed by atoms with E-state index in [9.17, 15) is 0 Å². The molecule has 9 rings (SSSR count). The number of aromatic nitrogens is 1. The number of anilines is 3. The van der Waals surface area contributed by atoms with Crippen LogP contribution in [0, 0.1) is 0 Å². The molecule has 242 valence electrons. The van der Waals surface area contributed by atoms with Crippen LogP contribution in [0.15, 0.2) is 168 Å². The molecule has 0 atom stereocenters. The van der Waals surface area contributed by atoms with Gasteiger partial charge in [-0.25, -0.2) is 4.98 Å². The van der Waals surface area contributed by atoms with Crippen molar-refractivity contribution in [3.8, 4) is 44.8 Å². The number of benzene rings is 6. The molecule has 0 unspecified atom stereocenters. The van der Waals surface area contributed by atoms with Crippen molar-refractivity contribution < 1.29 is 0 Å². The topological polar surface area (TPSA) is 16.1 Å². The molecule has 0 amide bonds. The number of fused-ring (bicyclic) bond motifs is 4. The second-order valence-corrected chi connectivity index (χ2v) is 15.6. The van der Waals surface area contributed by atoms with Crippen molar-refractivity contribution in [1.29, 1.82) is 0 Å². The van der Waals surface area contributed by atoms with Crippen molar-refractivity contribution in [3.05, 3.63) is 169 Å². The molecule has 50 heavy (non-hydrogen) atoms. The highest BCUT2D eigenvalue weighted by molar-refractivity contribution is 8.05. The fourth-order valence-electron chi connectivity index (χ4n) is 7.68. The molecular weight excluding hydrogens is 645 g/mol. The van der Waals surface area contributed by atoms with Crippen molar-refractivity contribution in [3.63, 3.8) is 0 Å². The summed E-state index contributed by atoms with van der Waals surface area (Å²) < 4.78 is 0. The number of pyridine rings is 1. The number of hydrogen-bond acceptors (Lipinski definition) is 4. The minimum Gasteiger partial charge on any atom is -0.310 e. The van der Waals surface area contributed by atoms with Crippen LogP contribution in [-0.2, 0) is 5.41 Å². The molecule has 2 aliphatic rings. The molecular formula is C46H36N2S2. The molecule has 0 saturated carbocycles. The number of para-hydroxylation sites is 1. The van der Waals surface area contributed by atoms with Crippen molar-refractivity contribution in [2.24, 2.45) is 0 Å². The van der Waals surface area contributed by atoms with Gasteiger partial charge in [-0.05, 0) is 64.2 Å². The van der Waals surface area contributed by atoms with Crippen LogP contribution in [0.4, 0.5) is 17.1 Å². The summed E-state index contributed by atoms with van der Waals surface area (Å²) in [6.45, 7) is 4.75. The molecule has 0 N–H and O–H groups in total. The van der Waals surface area contributed by atoms with E-state index in [1.165, 1.54) is 43.2 Å². The third-order valence-electron chi connectivity index (χ3n) is 10.0. The lowest BCUT2D eigenvalue weighted by atomic mass is 9.81. The maximum absolute atomic E-state index is 5.26. The third-order valence-corrected chi connectivity index (χ3v) is 12.6. The van der Waals surface area contributed by atoms with Crippen molar-refractivity contribution >= 4 is 40.6 Å². The van der Waals surface area contributed by atoms with Crippen LogP contribution in [0.2, 0.25) is 0 Å². The van der Waals surface area contributed by atoms with Gasteiger partial charge in [-0.1, -0.05) is 135 Å². The van der Waals surface area contributed by atoms with E-state index in [1.807, 2.05) is 23.5 Å². The van der Waals surface area contributed by atoms with Gasteiger partial charge in [0.05, 0.1) is 22.8 Å². The Morgan fingerprint density at radius 3 is 1.82 bits per heavy atom. The zero-order valence-corrected chi connectivity index (χ0v) is 29.8. The molecule has 1 aliphatic heterocycles. The highest BCUT2D eigenvalue weighted by atomic mass is 32.2. The molecule has 0 spiro atoms. The normalized spacial score (nSPS) is 14.0. The van der Waals surface area contributed by atoms with Gasteiger partial charge in [-0.3, -0.25) is 0 Å². The number of rotatable bonds is 6. The maximum atomic E-state index is 5.26. The van der Waals surface area contributed by atoms with Gasteiger partial charge >= 0.3 is 0 Å². The lowest BCUT2D eigenvalue weighted by Gasteiger charge is -2.31. The Hall–Kier alpha value is -5.03. The zero-order chi connectivity index (χ0) is 33.7. The van der Waals surface area contributed by atoms with E-state index in [0.717, 1.165) is 51.1 Å². The van der Waals surface area contributed by atoms with Gasteiger partial charge in [-0.2, -0.15) is 0 Å². The summed E-state index contributed by atoms with van der Waals surface area (Å²) in [7, 11) is 0. The van der Waals surface area contributed by atoms with E-state index in [1.54, 1.807) is 0 Å². The third kappa shape index (κ3) is 5.26. The first-order valence-corrected chi connectivity index (χ1v) is 19.2. The Morgan fingerprint density at radius 1 is 0.520 bits per heavy atom. The van der Waals surface area contributed by atoms with Crippen molar-refractivity contribution in [1.82, 2.24) is 4.98 Å². The molecule has 0 fully saturated rings. The quantitative estimate of drug-likeness (QED) is 0.174. The average molecular weight is 681 g/mol. The molecule has 1 aliphatic carbocycles. The maximum Gasteiger partial charge on any atom is 0.0730 e. The van der Waals surface area contributed by atoms with Crippen molar-refractivity contribution in [2.75, 3.05) is 16.4 Å². The van der Waals surface area contributed by atoms with Crippen LogP contribution >= 0.6 is 23.5 Å². The van der Waals surface area contributed by atoms with Gasteiger partial charge in [-0.15, -0.1) is 23.5 Å². The first-order chi connectivity index (χ1) is 24.6. The summed E-state index contributed by atoms with van der Waals surface area (Å²) in [6, 6.07) is 57.1. The first-order valence-electron chi connectivity index (χ1n) is 17.2. The van der Waals surface area contributed by atoms with Crippen LogP contribution < -0.4 is 4.90 Å². The van der Waals surface area contributed by atoms with E-state index in [0.29, 0.717) is 0 Å². The Morgan fingerprint density at radius 2 is 1.12 bits per heavy atom. The minimum absolute atomic E-state index is 0.120. The van der Waals surface area contributed by atoms with Gasteiger partial charge in [0.25, 0.3) is 0 Å². The van der Waals surface area contributed by atoms with Crippen LogP contribution in [0.1, 0.15) is 25.0 Å². The first kappa shape index (κ1) is 31.0. The van der Waals surface area contributed by atoms with Crippen LogP contribution in [0.25, 0.3) is 44.8 Å². The molecule has 2 nitrogen and oxygen atoms in total. The number of hydrogen-bond donors (Lipinski definition) is 0. The highest BCUT2D eigenvalue weighted by Gasteiger charge is 2.39. The Balaban J connectivity index is 1.39.